The van der Waals surface area contributed by atoms with E-state index in [4.69, 9.17) is 9.84 Å². The Bertz CT molecular complexity index is 629. The van der Waals surface area contributed by atoms with Gasteiger partial charge in [-0.2, -0.15) is 0 Å². The minimum atomic E-state index is -1.05. The second kappa shape index (κ2) is 8.50. The second-order valence-electron chi connectivity index (χ2n) is 6.03. The van der Waals surface area contributed by atoms with Gasteiger partial charge in [0.15, 0.2) is 6.61 Å². The van der Waals surface area contributed by atoms with Crippen molar-refractivity contribution < 1.29 is 24.2 Å². The van der Waals surface area contributed by atoms with Crippen LogP contribution >= 0.6 is 0 Å². The van der Waals surface area contributed by atoms with Crippen LogP contribution in [0.2, 0.25) is 0 Å². The smallest absolute Gasteiger partial charge is 0.341 e. The van der Waals surface area contributed by atoms with Gasteiger partial charge in [-0.05, 0) is 43.5 Å². The van der Waals surface area contributed by atoms with Crippen LogP contribution in [0.5, 0.6) is 5.75 Å². The number of piperidine rings is 1. The monoisotopic (exact) mass is 348 g/mol. The molecular formula is C18H24N2O5. The molecule has 1 aliphatic heterocycles. The maximum absolute atomic E-state index is 12.9. The third-order valence-corrected chi connectivity index (χ3v) is 4.33. The lowest BCUT2D eigenvalue weighted by atomic mass is 10.00. The normalized spacial score (nSPS) is 17.0. The van der Waals surface area contributed by atoms with Crippen molar-refractivity contribution in [3.05, 3.63) is 24.3 Å². The molecule has 2 amide bonds. The molecule has 1 aromatic rings. The molecule has 25 heavy (non-hydrogen) atoms. The topological polar surface area (TPSA) is 87.2 Å². The predicted octanol–water partition coefficient (Wildman–Crippen LogP) is 1.90. The van der Waals surface area contributed by atoms with Gasteiger partial charge < -0.3 is 19.6 Å². The molecule has 1 aliphatic rings. The molecule has 1 heterocycles. The van der Waals surface area contributed by atoms with E-state index >= 15 is 0 Å². The minimum absolute atomic E-state index is 0.00358. The molecule has 1 aromatic carbocycles. The maximum atomic E-state index is 12.9. The Labute approximate surface area is 147 Å². The first-order valence-corrected chi connectivity index (χ1v) is 8.45. The highest BCUT2D eigenvalue weighted by Gasteiger charge is 2.33. The molecule has 1 fully saturated rings. The summed E-state index contributed by atoms with van der Waals surface area (Å²) < 4.78 is 5.09. The molecule has 0 radical (unpaired) electrons. The molecule has 0 spiro atoms. The van der Waals surface area contributed by atoms with Gasteiger partial charge in [0.2, 0.25) is 11.8 Å². The molecule has 7 nitrogen and oxygen atoms in total. The van der Waals surface area contributed by atoms with Crippen LogP contribution in [0.3, 0.4) is 0 Å². The van der Waals surface area contributed by atoms with Crippen molar-refractivity contribution in [2.24, 2.45) is 0 Å². The summed E-state index contributed by atoms with van der Waals surface area (Å²) in [6.45, 7) is 2.02. The molecule has 1 saturated heterocycles. The lowest BCUT2D eigenvalue weighted by Gasteiger charge is -2.36. The summed E-state index contributed by atoms with van der Waals surface area (Å²) in [5.74, 6) is -0.730. The van der Waals surface area contributed by atoms with Crippen LogP contribution < -0.4 is 9.64 Å². The van der Waals surface area contributed by atoms with Gasteiger partial charge in [0.1, 0.15) is 11.8 Å². The van der Waals surface area contributed by atoms with Crippen molar-refractivity contribution in [1.82, 2.24) is 4.90 Å². The average molecular weight is 348 g/mol. The summed E-state index contributed by atoms with van der Waals surface area (Å²) in [6.07, 6.45) is 2.92. The molecule has 7 heteroatoms. The van der Waals surface area contributed by atoms with Crippen LogP contribution in [-0.4, -0.2) is 54.0 Å². The average Bonchev–Trinajstić information content (AvgIpc) is 2.65. The number of aliphatic carboxylic acids is 1. The highest BCUT2D eigenvalue weighted by molar-refractivity contribution is 5.98. The van der Waals surface area contributed by atoms with Gasteiger partial charge >= 0.3 is 5.97 Å². The van der Waals surface area contributed by atoms with E-state index in [1.807, 2.05) is 0 Å². The molecule has 0 aliphatic carbocycles. The van der Waals surface area contributed by atoms with Gasteiger partial charge in [0.25, 0.3) is 0 Å². The maximum Gasteiger partial charge on any atom is 0.341 e. The number of carboxylic acids is 1. The fourth-order valence-corrected chi connectivity index (χ4v) is 2.95. The molecule has 2 rings (SSSR count). The lowest BCUT2D eigenvalue weighted by molar-refractivity contribution is -0.140. The van der Waals surface area contributed by atoms with E-state index in [-0.39, 0.29) is 11.8 Å². The highest BCUT2D eigenvalue weighted by Crippen LogP contribution is 2.24. The van der Waals surface area contributed by atoms with E-state index in [0.29, 0.717) is 30.8 Å². The highest BCUT2D eigenvalue weighted by atomic mass is 16.5. The summed E-state index contributed by atoms with van der Waals surface area (Å²) >= 11 is 0. The SMILES string of the molecule is CCC(=O)N1CCCCC1C(=O)N(C)c1ccc(OCC(=O)O)cc1. The molecule has 1 atom stereocenters. The van der Waals surface area contributed by atoms with Crippen molar-refractivity contribution >= 4 is 23.5 Å². The van der Waals surface area contributed by atoms with E-state index in [2.05, 4.69) is 0 Å². The van der Waals surface area contributed by atoms with E-state index in [0.717, 1.165) is 12.8 Å². The fourth-order valence-electron chi connectivity index (χ4n) is 2.95. The first kappa shape index (κ1) is 18.8. The van der Waals surface area contributed by atoms with E-state index in [9.17, 15) is 14.4 Å². The number of anilines is 1. The minimum Gasteiger partial charge on any atom is -0.482 e. The van der Waals surface area contributed by atoms with Gasteiger partial charge in [-0.15, -0.1) is 0 Å². The number of carbonyl (C=O) groups excluding carboxylic acids is 2. The fraction of sp³-hybridized carbons (Fsp3) is 0.500. The van der Waals surface area contributed by atoms with Crippen molar-refractivity contribution in [3.63, 3.8) is 0 Å². The Morgan fingerprint density at radius 1 is 1.24 bits per heavy atom. The number of amides is 2. The first-order valence-electron chi connectivity index (χ1n) is 8.45. The van der Waals surface area contributed by atoms with Crippen LogP contribution in [0.4, 0.5) is 5.69 Å². The summed E-state index contributed by atoms with van der Waals surface area (Å²) in [4.78, 5) is 38.7. The van der Waals surface area contributed by atoms with E-state index in [1.54, 1.807) is 43.1 Å². The summed E-state index contributed by atoms with van der Waals surface area (Å²) in [5.41, 5.74) is 0.669. The third-order valence-electron chi connectivity index (χ3n) is 4.33. The second-order valence-corrected chi connectivity index (χ2v) is 6.03. The van der Waals surface area contributed by atoms with Crippen LogP contribution in [0.25, 0.3) is 0 Å². The number of hydrogen-bond acceptors (Lipinski definition) is 4. The van der Waals surface area contributed by atoms with Gasteiger partial charge in [-0.3, -0.25) is 9.59 Å². The molecule has 0 saturated carbocycles. The summed E-state index contributed by atoms with van der Waals surface area (Å²) in [5, 5.41) is 8.61. The molecule has 136 valence electrons. The number of likely N-dealkylation sites (N-methyl/N-ethyl adjacent to an activating group) is 1. The van der Waals surface area contributed by atoms with Crippen LogP contribution in [0.15, 0.2) is 24.3 Å². The zero-order valence-electron chi connectivity index (χ0n) is 14.6. The number of nitrogens with zero attached hydrogens (tertiary/aromatic N) is 2. The Morgan fingerprint density at radius 3 is 2.52 bits per heavy atom. The summed E-state index contributed by atoms with van der Waals surface area (Å²) in [7, 11) is 1.68. The van der Waals surface area contributed by atoms with Gasteiger partial charge in [0.05, 0.1) is 0 Å². The number of carbonyl (C=O) groups is 3. The number of ether oxygens (including phenoxy) is 1. The van der Waals surface area contributed by atoms with Crippen LogP contribution in [0.1, 0.15) is 32.6 Å². The zero-order chi connectivity index (χ0) is 18.4. The predicted molar refractivity (Wildman–Crippen MR) is 92.6 cm³/mol. The van der Waals surface area contributed by atoms with Gasteiger partial charge in [0, 0.05) is 25.7 Å². The van der Waals surface area contributed by atoms with Gasteiger partial charge in [-0.25, -0.2) is 4.79 Å². The molecule has 0 bridgehead atoms. The first-order chi connectivity index (χ1) is 11.9. The zero-order valence-corrected chi connectivity index (χ0v) is 14.6. The molecule has 0 aromatic heterocycles. The quantitative estimate of drug-likeness (QED) is 0.848. The van der Waals surface area contributed by atoms with Crippen LogP contribution in [0, 0.1) is 0 Å². The van der Waals surface area contributed by atoms with Crippen molar-refractivity contribution in [2.45, 2.75) is 38.6 Å². The van der Waals surface area contributed by atoms with Gasteiger partial charge in [-0.1, -0.05) is 6.92 Å². The summed E-state index contributed by atoms with van der Waals surface area (Å²) in [6, 6.07) is 6.22. The molecule has 1 unspecified atom stereocenters. The largest absolute Gasteiger partial charge is 0.482 e. The third kappa shape index (κ3) is 4.71. The van der Waals surface area contributed by atoms with Crippen molar-refractivity contribution in [1.29, 1.82) is 0 Å². The van der Waals surface area contributed by atoms with Crippen molar-refractivity contribution in [3.8, 4) is 5.75 Å². The molecular weight excluding hydrogens is 324 g/mol. The number of likely N-dealkylation sites (tertiary alicyclic amines) is 1. The Hall–Kier alpha value is -2.57. The number of rotatable bonds is 6. The van der Waals surface area contributed by atoms with Crippen LogP contribution in [-0.2, 0) is 14.4 Å². The lowest BCUT2D eigenvalue weighted by Crippen LogP contribution is -2.52. The van der Waals surface area contributed by atoms with Crippen molar-refractivity contribution in [2.75, 3.05) is 25.1 Å². The Balaban J connectivity index is 2.07. The van der Waals surface area contributed by atoms with E-state index in [1.165, 1.54) is 4.90 Å². The van der Waals surface area contributed by atoms with E-state index < -0.39 is 18.6 Å². The molecule has 1 N–H and O–H groups in total. The Kier molecular flexibility index (Phi) is 6.38. The number of benzene rings is 1. The number of carboxylic acid groups (broad SMARTS) is 1. The standard InChI is InChI=1S/C18H24N2O5/c1-3-16(21)20-11-5-4-6-15(20)18(24)19(2)13-7-9-14(10-8-13)25-12-17(22)23/h7-10,15H,3-6,11-12H2,1-2H3,(H,22,23). The number of hydrogen-bond donors (Lipinski definition) is 1. The Morgan fingerprint density at radius 2 is 1.92 bits per heavy atom.